The molecule has 3 N–H and O–H groups in total. The molecule has 8 nitrogen and oxygen atoms in total. The van der Waals surface area contributed by atoms with E-state index in [1.54, 1.807) is 49.9 Å². The molecule has 1 fully saturated rings. The lowest BCUT2D eigenvalue weighted by molar-refractivity contribution is -0.156. The van der Waals surface area contributed by atoms with Gasteiger partial charge in [0, 0.05) is 32.7 Å². The number of nitrogens with two attached hydrogens (primary N) is 1. The van der Waals surface area contributed by atoms with Gasteiger partial charge in [0.1, 0.15) is 17.4 Å². The Kier molecular flexibility index (Phi) is 7.79. The van der Waals surface area contributed by atoms with Crippen molar-refractivity contribution in [2.24, 2.45) is 5.73 Å². The maximum atomic E-state index is 12.3. The second kappa shape index (κ2) is 9.86. The van der Waals surface area contributed by atoms with E-state index in [0.29, 0.717) is 31.8 Å². The Bertz CT molecular complexity index is 649. The van der Waals surface area contributed by atoms with Crippen molar-refractivity contribution in [3.05, 3.63) is 29.8 Å². The molecule has 0 saturated carbocycles. The summed E-state index contributed by atoms with van der Waals surface area (Å²) < 4.78 is 10.7. The first kappa shape index (κ1) is 22.1. The van der Waals surface area contributed by atoms with Crippen LogP contribution in [0.1, 0.15) is 26.3 Å². The first-order valence-corrected chi connectivity index (χ1v) is 9.55. The smallest absolute Gasteiger partial charge is 0.415 e. The SMILES string of the molecule is CC(C)(C)OC(=O)[C@@H](N)Cc1ccc(OC(=O)N2CCN(CCO)CC2)cc1. The Morgan fingerprint density at radius 1 is 1.14 bits per heavy atom. The second-order valence-corrected chi connectivity index (χ2v) is 7.91. The van der Waals surface area contributed by atoms with Crippen LogP contribution in [-0.4, -0.2) is 77.9 Å². The van der Waals surface area contributed by atoms with Crippen LogP contribution in [0.4, 0.5) is 4.79 Å². The molecular formula is C20H31N3O5. The van der Waals surface area contributed by atoms with Crippen molar-refractivity contribution in [2.75, 3.05) is 39.3 Å². The molecule has 0 unspecified atom stereocenters. The van der Waals surface area contributed by atoms with Crippen molar-refractivity contribution < 1.29 is 24.2 Å². The van der Waals surface area contributed by atoms with Crippen LogP contribution in [0.25, 0.3) is 0 Å². The summed E-state index contributed by atoms with van der Waals surface area (Å²) >= 11 is 0. The van der Waals surface area contributed by atoms with Crippen LogP contribution in [0.2, 0.25) is 0 Å². The molecule has 1 aromatic carbocycles. The average Bonchev–Trinajstić information content (AvgIpc) is 2.62. The number of carbonyl (C=O) groups excluding carboxylic acids is 2. The lowest BCUT2D eigenvalue weighted by Crippen LogP contribution is -2.50. The van der Waals surface area contributed by atoms with E-state index >= 15 is 0 Å². The third-order valence-corrected chi connectivity index (χ3v) is 4.34. The van der Waals surface area contributed by atoms with Gasteiger partial charge in [-0.1, -0.05) is 12.1 Å². The summed E-state index contributed by atoms with van der Waals surface area (Å²) in [6.07, 6.45) is -0.0440. The predicted octanol–water partition coefficient (Wildman–Crippen LogP) is 1.01. The van der Waals surface area contributed by atoms with E-state index in [2.05, 4.69) is 4.90 Å². The number of ether oxygens (including phenoxy) is 2. The summed E-state index contributed by atoms with van der Waals surface area (Å²) in [6, 6.07) is 6.20. The molecule has 1 aliphatic rings. The standard InChI is InChI=1S/C20H31N3O5/c1-20(2,3)28-18(25)17(21)14-15-4-6-16(7-5-15)27-19(26)23-10-8-22(9-11-23)12-13-24/h4-7,17,24H,8-14,21H2,1-3H3/t17-/m0/s1. The zero-order chi connectivity index (χ0) is 20.7. The van der Waals surface area contributed by atoms with E-state index in [1.165, 1.54) is 0 Å². The highest BCUT2D eigenvalue weighted by molar-refractivity contribution is 5.76. The van der Waals surface area contributed by atoms with Gasteiger partial charge in [-0.3, -0.25) is 9.69 Å². The van der Waals surface area contributed by atoms with Crippen LogP contribution in [0.3, 0.4) is 0 Å². The predicted molar refractivity (Wildman–Crippen MR) is 105 cm³/mol. The highest BCUT2D eigenvalue weighted by atomic mass is 16.6. The van der Waals surface area contributed by atoms with Crippen molar-refractivity contribution in [1.29, 1.82) is 0 Å². The molecule has 1 atom stereocenters. The lowest BCUT2D eigenvalue weighted by Gasteiger charge is -2.33. The summed E-state index contributed by atoms with van der Waals surface area (Å²) in [7, 11) is 0. The lowest BCUT2D eigenvalue weighted by atomic mass is 10.1. The minimum atomic E-state index is -0.747. The van der Waals surface area contributed by atoms with Crippen LogP contribution < -0.4 is 10.5 Å². The summed E-state index contributed by atoms with van der Waals surface area (Å²) in [6.45, 7) is 8.72. The first-order valence-electron chi connectivity index (χ1n) is 9.55. The molecule has 0 aliphatic carbocycles. The molecule has 1 aliphatic heterocycles. The molecular weight excluding hydrogens is 362 g/mol. The van der Waals surface area contributed by atoms with Crippen LogP contribution in [0, 0.1) is 0 Å². The quantitative estimate of drug-likeness (QED) is 0.695. The van der Waals surface area contributed by atoms with Gasteiger partial charge in [0.15, 0.2) is 0 Å². The molecule has 156 valence electrons. The third kappa shape index (κ3) is 7.10. The van der Waals surface area contributed by atoms with Crippen LogP contribution in [0.5, 0.6) is 5.75 Å². The monoisotopic (exact) mass is 393 g/mol. The van der Waals surface area contributed by atoms with Gasteiger partial charge in [-0.2, -0.15) is 0 Å². The highest BCUT2D eigenvalue weighted by Crippen LogP contribution is 2.16. The fraction of sp³-hybridized carbons (Fsp3) is 0.600. The summed E-state index contributed by atoms with van der Waals surface area (Å²) in [5, 5.41) is 8.97. The Morgan fingerprint density at radius 3 is 2.29 bits per heavy atom. The van der Waals surface area contributed by atoms with Crippen molar-refractivity contribution in [3.63, 3.8) is 0 Å². The molecule has 8 heteroatoms. The van der Waals surface area contributed by atoms with Crippen molar-refractivity contribution in [2.45, 2.75) is 38.8 Å². The van der Waals surface area contributed by atoms with Gasteiger partial charge in [0.05, 0.1) is 6.61 Å². The summed E-state index contributed by atoms with van der Waals surface area (Å²) in [4.78, 5) is 28.0. The molecule has 0 bridgehead atoms. The first-order chi connectivity index (χ1) is 13.2. The molecule has 1 saturated heterocycles. The molecule has 28 heavy (non-hydrogen) atoms. The third-order valence-electron chi connectivity index (χ3n) is 4.34. The fourth-order valence-corrected chi connectivity index (χ4v) is 2.87. The minimum Gasteiger partial charge on any atom is -0.459 e. The number of piperazine rings is 1. The number of hydrogen-bond donors (Lipinski definition) is 2. The Hall–Kier alpha value is -2.16. The van der Waals surface area contributed by atoms with Gasteiger partial charge >= 0.3 is 12.1 Å². The second-order valence-electron chi connectivity index (χ2n) is 7.91. The van der Waals surface area contributed by atoms with Crippen LogP contribution in [0.15, 0.2) is 24.3 Å². The minimum absolute atomic E-state index is 0.119. The number of benzene rings is 1. The van der Waals surface area contributed by atoms with Gasteiger partial charge < -0.3 is 25.2 Å². The zero-order valence-electron chi connectivity index (χ0n) is 16.9. The number of rotatable bonds is 6. The number of aliphatic hydroxyl groups excluding tert-OH is 1. The molecule has 0 spiro atoms. The van der Waals surface area contributed by atoms with Crippen LogP contribution >= 0.6 is 0 Å². The number of aliphatic hydroxyl groups is 1. The van der Waals surface area contributed by atoms with Gasteiger partial charge in [-0.25, -0.2) is 4.79 Å². The number of nitrogens with zero attached hydrogens (tertiary/aromatic N) is 2. The number of carbonyl (C=O) groups is 2. The molecule has 2 rings (SSSR count). The average molecular weight is 393 g/mol. The highest BCUT2D eigenvalue weighted by Gasteiger charge is 2.23. The van der Waals surface area contributed by atoms with Crippen molar-refractivity contribution >= 4 is 12.1 Å². The maximum absolute atomic E-state index is 12.3. The fourth-order valence-electron chi connectivity index (χ4n) is 2.87. The van der Waals surface area contributed by atoms with Gasteiger partial charge in [-0.15, -0.1) is 0 Å². The summed E-state index contributed by atoms with van der Waals surface area (Å²) in [5.74, 6) is 0.000668. The molecule has 1 aromatic rings. The Balaban J connectivity index is 1.82. The van der Waals surface area contributed by atoms with E-state index in [1.807, 2.05) is 0 Å². The normalized spacial score (nSPS) is 16.5. The van der Waals surface area contributed by atoms with Crippen LogP contribution in [-0.2, 0) is 16.0 Å². The van der Waals surface area contributed by atoms with E-state index < -0.39 is 17.6 Å². The zero-order valence-corrected chi connectivity index (χ0v) is 16.9. The van der Waals surface area contributed by atoms with E-state index in [-0.39, 0.29) is 12.7 Å². The summed E-state index contributed by atoms with van der Waals surface area (Å²) in [5.41, 5.74) is 6.20. The topological polar surface area (TPSA) is 105 Å². The molecule has 0 aromatic heterocycles. The van der Waals surface area contributed by atoms with Gasteiger partial charge in [0.25, 0.3) is 0 Å². The van der Waals surface area contributed by atoms with E-state index in [4.69, 9.17) is 20.3 Å². The Labute approximate surface area is 166 Å². The van der Waals surface area contributed by atoms with Crippen molar-refractivity contribution in [3.8, 4) is 5.75 Å². The molecule has 1 heterocycles. The number of hydrogen-bond acceptors (Lipinski definition) is 7. The van der Waals surface area contributed by atoms with Gasteiger partial charge in [0.2, 0.25) is 0 Å². The number of β-amino-alcohol motifs (C(OH)–C–C–N with tert-alkyl or cyclic N) is 1. The molecule has 0 radical (unpaired) electrons. The number of amides is 1. The van der Waals surface area contributed by atoms with Crippen molar-refractivity contribution in [1.82, 2.24) is 9.80 Å². The van der Waals surface area contributed by atoms with E-state index in [9.17, 15) is 9.59 Å². The molecule has 1 amide bonds. The largest absolute Gasteiger partial charge is 0.459 e. The van der Waals surface area contributed by atoms with Gasteiger partial charge in [-0.05, 0) is 44.9 Å². The maximum Gasteiger partial charge on any atom is 0.415 e. The van der Waals surface area contributed by atoms with E-state index in [0.717, 1.165) is 18.7 Å². The Morgan fingerprint density at radius 2 is 1.75 bits per heavy atom. The number of esters is 1.